The number of rotatable bonds is 6. The summed E-state index contributed by atoms with van der Waals surface area (Å²) in [7, 11) is 1.93. The summed E-state index contributed by atoms with van der Waals surface area (Å²) >= 11 is 0. The maximum absolute atomic E-state index is 13.0. The zero-order chi connectivity index (χ0) is 13.6. The van der Waals surface area contributed by atoms with Crippen molar-refractivity contribution in [1.29, 1.82) is 5.26 Å². The van der Waals surface area contributed by atoms with Gasteiger partial charge in [-0.05, 0) is 44.4 Å². The van der Waals surface area contributed by atoms with Crippen LogP contribution < -0.4 is 10.6 Å². The van der Waals surface area contributed by atoms with E-state index in [1.807, 2.05) is 18.0 Å². The molecule has 0 spiro atoms. The second-order valence-corrected chi connectivity index (χ2v) is 4.89. The molecule has 0 amide bonds. The fourth-order valence-electron chi connectivity index (χ4n) is 1.74. The third kappa shape index (κ3) is 4.72. The van der Waals surface area contributed by atoms with E-state index in [0.717, 1.165) is 25.1 Å². The number of halogens is 1. The molecule has 1 aromatic carbocycles. The molecule has 0 aliphatic heterocycles. The molecule has 0 radical (unpaired) electrons. The van der Waals surface area contributed by atoms with Crippen molar-refractivity contribution >= 4 is 5.69 Å². The van der Waals surface area contributed by atoms with Gasteiger partial charge in [0.2, 0.25) is 0 Å². The fraction of sp³-hybridized carbons (Fsp3) is 0.500. The van der Waals surface area contributed by atoms with Gasteiger partial charge in [0.15, 0.2) is 0 Å². The van der Waals surface area contributed by atoms with Crippen molar-refractivity contribution in [3.8, 4) is 6.07 Å². The average molecular weight is 249 g/mol. The number of nitrogens with zero attached hydrogens (tertiary/aromatic N) is 2. The van der Waals surface area contributed by atoms with E-state index in [9.17, 15) is 4.39 Å². The maximum atomic E-state index is 13.0. The van der Waals surface area contributed by atoms with Crippen LogP contribution in [0.4, 0.5) is 10.1 Å². The van der Waals surface area contributed by atoms with Crippen LogP contribution >= 0.6 is 0 Å². The highest BCUT2D eigenvalue weighted by atomic mass is 19.1. The standard InChI is InChI=1S/C14H20FN3/c1-14(17,11-16)8-3-4-9-18(2)13-7-5-6-12(15)10-13/h5-7,10H,3-4,8-9,17H2,1-2H3. The van der Waals surface area contributed by atoms with Crippen LogP contribution in [0.5, 0.6) is 0 Å². The SMILES string of the molecule is CN(CCCCC(C)(N)C#N)c1cccc(F)c1. The van der Waals surface area contributed by atoms with Gasteiger partial charge in [0, 0.05) is 19.3 Å². The number of hydrogen-bond donors (Lipinski definition) is 1. The number of nitriles is 1. The predicted molar refractivity (Wildman–Crippen MR) is 71.7 cm³/mol. The topological polar surface area (TPSA) is 53.0 Å². The van der Waals surface area contributed by atoms with Gasteiger partial charge < -0.3 is 10.6 Å². The van der Waals surface area contributed by atoms with E-state index in [0.29, 0.717) is 6.42 Å². The highest BCUT2D eigenvalue weighted by Crippen LogP contribution is 2.15. The molecule has 0 aliphatic rings. The first-order valence-electron chi connectivity index (χ1n) is 6.11. The zero-order valence-corrected chi connectivity index (χ0v) is 11.0. The first-order valence-corrected chi connectivity index (χ1v) is 6.11. The summed E-state index contributed by atoms with van der Waals surface area (Å²) in [6.45, 7) is 2.56. The van der Waals surface area contributed by atoms with Crippen molar-refractivity contribution in [3.05, 3.63) is 30.1 Å². The lowest BCUT2D eigenvalue weighted by Gasteiger charge is -2.20. The summed E-state index contributed by atoms with van der Waals surface area (Å²) in [5.41, 5.74) is 5.87. The van der Waals surface area contributed by atoms with E-state index in [1.165, 1.54) is 12.1 Å². The largest absolute Gasteiger partial charge is 0.375 e. The van der Waals surface area contributed by atoms with E-state index in [4.69, 9.17) is 11.0 Å². The van der Waals surface area contributed by atoms with Crippen LogP contribution in [0.15, 0.2) is 24.3 Å². The van der Waals surface area contributed by atoms with Crippen LogP contribution in [0.1, 0.15) is 26.2 Å². The van der Waals surface area contributed by atoms with Crippen molar-refractivity contribution in [1.82, 2.24) is 0 Å². The Bertz CT molecular complexity index is 423. The van der Waals surface area contributed by atoms with E-state index in [2.05, 4.69) is 6.07 Å². The van der Waals surface area contributed by atoms with Gasteiger partial charge in [-0.3, -0.25) is 0 Å². The van der Waals surface area contributed by atoms with Crippen molar-refractivity contribution in [2.45, 2.75) is 31.7 Å². The Kier molecular flexibility index (Phi) is 5.11. The minimum atomic E-state index is -0.739. The second kappa shape index (κ2) is 6.36. The number of nitrogens with two attached hydrogens (primary N) is 1. The summed E-state index contributed by atoms with van der Waals surface area (Å²) in [5.74, 6) is -0.224. The van der Waals surface area contributed by atoms with Gasteiger partial charge in [-0.2, -0.15) is 5.26 Å². The molecule has 1 atom stereocenters. The van der Waals surface area contributed by atoms with Crippen molar-refractivity contribution in [3.63, 3.8) is 0 Å². The van der Waals surface area contributed by atoms with Crippen molar-refractivity contribution < 1.29 is 4.39 Å². The summed E-state index contributed by atoms with van der Waals surface area (Å²) in [6, 6.07) is 8.62. The van der Waals surface area contributed by atoms with E-state index in [1.54, 1.807) is 13.0 Å². The van der Waals surface area contributed by atoms with Crippen molar-refractivity contribution in [2.24, 2.45) is 5.73 Å². The van der Waals surface area contributed by atoms with Crippen LogP contribution in [0, 0.1) is 17.1 Å². The van der Waals surface area contributed by atoms with Gasteiger partial charge in [0.05, 0.1) is 6.07 Å². The van der Waals surface area contributed by atoms with E-state index >= 15 is 0 Å². The van der Waals surface area contributed by atoms with Gasteiger partial charge in [-0.25, -0.2) is 4.39 Å². The minimum absolute atomic E-state index is 0.224. The molecule has 1 aromatic rings. The smallest absolute Gasteiger partial charge is 0.125 e. The molecule has 0 saturated carbocycles. The Labute approximate surface area is 108 Å². The molecule has 3 nitrogen and oxygen atoms in total. The Morgan fingerprint density at radius 3 is 2.78 bits per heavy atom. The highest BCUT2D eigenvalue weighted by Gasteiger charge is 2.16. The number of benzene rings is 1. The molecule has 0 heterocycles. The second-order valence-electron chi connectivity index (χ2n) is 4.89. The summed E-state index contributed by atoms with van der Waals surface area (Å²) in [5, 5.41) is 8.78. The van der Waals surface area contributed by atoms with Crippen LogP contribution in [0.2, 0.25) is 0 Å². The summed E-state index contributed by atoms with van der Waals surface area (Å²) in [6.07, 6.45) is 2.50. The molecule has 1 unspecified atom stereocenters. The average Bonchev–Trinajstić information content (AvgIpc) is 2.34. The van der Waals surface area contributed by atoms with Gasteiger partial charge in [-0.1, -0.05) is 6.07 Å². The van der Waals surface area contributed by atoms with E-state index in [-0.39, 0.29) is 5.82 Å². The molecule has 0 aliphatic carbocycles. The first kappa shape index (κ1) is 14.5. The summed E-state index contributed by atoms with van der Waals surface area (Å²) < 4.78 is 13.0. The Morgan fingerprint density at radius 2 is 2.17 bits per heavy atom. The van der Waals surface area contributed by atoms with Crippen LogP contribution in [-0.4, -0.2) is 19.1 Å². The molecule has 98 valence electrons. The molecule has 4 heteroatoms. The van der Waals surface area contributed by atoms with Crippen LogP contribution in [0.3, 0.4) is 0 Å². The maximum Gasteiger partial charge on any atom is 0.125 e. The number of unbranched alkanes of at least 4 members (excludes halogenated alkanes) is 1. The molecule has 0 fully saturated rings. The predicted octanol–water partition coefficient (Wildman–Crippen LogP) is 2.67. The molecule has 0 aromatic heterocycles. The van der Waals surface area contributed by atoms with Crippen LogP contribution in [-0.2, 0) is 0 Å². The Balaban J connectivity index is 2.34. The molecule has 2 N–H and O–H groups in total. The summed E-state index contributed by atoms with van der Waals surface area (Å²) in [4.78, 5) is 2.00. The molecular weight excluding hydrogens is 229 g/mol. The quantitative estimate of drug-likeness (QED) is 0.789. The third-order valence-corrected chi connectivity index (χ3v) is 2.94. The van der Waals surface area contributed by atoms with Crippen LogP contribution in [0.25, 0.3) is 0 Å². The zero-order valence-electron chi connectivity index (χ0n) is 11.0. The number of anilines is 1. The lowest BCUT2D eigenvalue weighted by Crippen LogP contribution is -2.34. The van der Waals surface area contributed by atoms with Gasteiger partial charge in [0.25, 0.3) is 0 Å². The lowest BCUT2D eigenvalue weighted by atomic mass is 9.98. The third-order valence-electron chi connectivity index (χ3n) is 2.94. The molecule has 0 saturated heterocycles. The number of hydrogen-bond acceptors (Lipinski definition) is 3. The monoisotopic (exact) mass is 249 g/mol. The molecule has 1 rings (SSSR count). The lowest BCUT2D eigenvalue weighted by molar-refractivity contribution is 0.509. The Morgan fingerprint density at radius 1 is 1.44 bits per heavy atom. The molecular formula is C14H20FN3. The Hall–Kier alpha value is -1.60. The van der Waals surface area contributed by atoms with Crippen molar-refractivity contribution in [2.75, 3.05) is 18.5 Å². The van der Waals surface area contributed by atoms with Gasteiger partial charge in [0.1, 0.15) is 11.4 Å². The normalized spacial score (nSPS) is 13.7. The first-order chi connectivity index (χ1) is 8.44. The fourth-order valence-corrected chi connectivity index (χ4v) is 1.74. The van der Waals surface area contributed by atoms with E-state index < -0.39 is 5.54 Å². The van der Waals surface area contributed by atoms with Gasteiger partial charge in [-0.15, -0.1) is 0 Å². The molecule has 18 heavy (non-hydrogen) atoms. The minimum Gasteiger partial charge on any atom is -0.375 e. The molecule has 0 bridgehead atoms. The highest BCUT2D eigenvalue weighted by molar-refractivity contribution is 5.45. The van der Waals surface area contributed by atoms with Gasteiger partial charge >= 0.3 is 0 Å².